The lowest BCUT2D eigenvalue weighted by molar-refractivity contribution is -0.152. The second-order valence-corrected chi connectivity index (χ2v) is 13.8. The highest BCUT2D eigenvalue weighted by Gasteiger charge is 2.48. The zero-order valence-electron chi connectivity index (χ0n) is 25.2. The number of aryl methyl sites for hydroxylation is 1. The number of hydrogen-bond acceptors (Lipinski definition) is 8. The number of esters is 1. The number of anilines is 1. The maximum Gasteiger partial charge on any atom is 0.311 e. The van der Waals surface area contributed by atoms with Crippen LogP contribution in [0.3, 0.4) is 0 Å². The fourth-order valence-electron chi connectivity index (χ4n) is 6.98. The highest BCUT2D eigenvalue weighted by atomic mass is 32.2. The third-order valence-corrected chi connectivity index (χ3v) is 11.0. The fourth-order valence-corrected chi connectivity index (χ4v) is 8.30. The Labute approximate surface area is 264 Å². The predicted molar refractivity (Wildman–Crippen MR) is 168 cm³/mol. The largest absolute Gasteiger partial charge is 0.469 e. The van der Waals surface area contributed by atoms with Crippen molar-refractivity contribution in [2.45, 2.75) is 43.5 Å². The molecular weight excluding hydrogens is 612 g/mol. The molecule has 2 unspecified atom stereocenters. The van der Waals surface area contributed by atoms with Gasteiger partial charge in [-0.15, -0.1) is 0 Å². The van der Waals surface area contributed by atoms with Crippen LogP contribution in [0, 0.1) is 36.3 Å². The van der Waals surface area contributed by atoms with Gasteiger partial charge < -0.3 is 10.1 Å². The van der Waals surface area contributed by atoms with Crippen molar-refractivity contribution >= 4 is 32.8 Å². The van der Waals surface area contributed by atoms with Gasteiger partial charge in [-0.1, -0.05) is 48.0 Å². The van der Waals surface area contributed by atoms with Crippen molar-refractivity contribution in [3.63, 3.8) is 0 Å². The Morgan fingerprint density at radius 3 is 2.37 bits per heavy atom. The van der Waals surface area contributed by atoms with Crippen molar-refractivity contribution in [3.8, 4) is 22.6 Å². The van der Waals surface area contributed by atoms with E-state index in [-0.39, 0.29) is 56.6 Å². The van der Waals surface area contributed by atoms with Gasteiger partial charge in [-0.3, -0.25) is 4.79 Å². The number of carbonyl (C=O) groups excluding carboxylic acids is 1. The van der Waals surface area contributed by atoms with Gasteiger partial charge in [0.15, 0.2) is 23.1 Å². The third kappa shape index (κ3) is 5.10. The summed E-state index contributed by atoms with van der Waals surface area (Å²) in [6, 6.07) is 15.7. The molecule has 0 radical (unpaired) electrons. The Kier molecular flexibility index (Phi) is 7.54. The highest BCUT2D eigenvalue weighted by molar-refractivity contribution is 7.90. The van der Waals surface area contributed by atoms with E-state index in [1.54, 1.807) is 42.5 Å². The van der Waals surface area contributed by atoms with Crippen molar-refractivity contribution in [2.75, 3.05) is 12.4 Å². The molecule has 0 saturated heterocycles. The number of nitrogens with one attached hydrogen (secondary N) is 1. The molecular formula is C34H31F2N5O4S. The quantitative estimate of drug-likeness (QED) is 0.203. The first-order chi connectivity index (χ1) is 22.2. The second kappa shape index (κ2) is 11.6. The van der Waals surface area contributed by atoms with E-state index in [0.29, 0.717) is 5.56 Å². The van der Waals surface area contributed by atoms with Crippen LogP contribution < -0.4 is 5.32 Å². The fraction of sp³-hybridized carbons (Fsp3) is 0.294. The van der Waals surface area contributed by atoms with Gasteiger partial charge in [0.2, 0.25) is 0 Å². The average Bonchev–Trinajstić information content (AvgIpc) is 3.46. The van der Waals surface area contributed by atoms with E-state index in [2.05, 4.69) is 20.3 Å². The minimum Gasteiger partial charge on any atom is -0.469 e. The molecule has 2 bridgehead atoms. The second-order valence-electron chi connectivity index (χ2n) is 12.0. The molecule has 1 N–H and O–H groups in total. The molecule has 2 aromatic carbocycles. The van der Waals surface area contributed by atoms with Crippen molar-refractivity contribution in [1.29, 1.82) is 0 Å². The lowest BCUT2D eigenvalue weighted by atomic mass is 9.61. The summed E-state index contributed by atoms with van der Waals surface area (Å²) in [7, 11) is -2.82. The molecule has 0 aliphatic heterocycles. The average molecular weight is 644 g/mol. The Balaban J connectivity index is 1.42. The molecule has 3 aliphatic rings. The van der Waals surface area contributed by atoms with Crippen LogP contribution in [-0.2, 0) is 19.6 Å². The summed E-state index contributed by atoms with van der Waals surface area (Å²) in [4.78, 5) is 26.2. The van der Waals surface area contributed by atoms with Crippen molar-refractivity contribution in [1.82, 2.24) is 18.9 Å². The van der Waals surface area contributed by atoms with Crippen LogP contribution in [0.5, 0.6) is 0 Å². The lowest BCUT2D eigenvalue weighted by Gasteiger charge is -2.47. The van der Waals surface area contributed by atoms with Crippen LogP contribution in [0.1, 0.15) is 31.2 Å². The van der Waals surface area contributed by atoms with Gasteiger partial charge in [-0.05, 0) is 62.6 Å². The van der Waals surface area contributed by atoms with Crippen LogP contribution in [0.15, 0.2) is 78.0 Å². The highest BCUT2D eigenvalue weighted by Crippen LogP contribution is 2.47. The number of halogens is 2. The van der Waals surface area contributed by atoms with Crippen molar-refractivity contribution < 1.29 is 26.7 Å². The molecule has 3 aromatic heterocycles. The molecule has 0 amide bonds. The summed E-state index contributed by atoms with van der Waals surface area (Å²) < 4.78 is 64.9. The summed E-state index contributed by atoms with van der Waals surface area (Å²) >= 11 is 0. The molecule has 0 spiro atoms. The van der Waals surface area contributed by atoms with E-state index >= 15 is 4.39 Å². The molecule has 3 fully saturated rings. The summed E-state index contributed by atoms with van der Waals surface area (Å²) in [6.07, 6.45) is 5.78. The molecule has 5 aromatic rings. The number of fused-ring (bicyclic) bond motifs is 4. The smallest absolute Gasteiger partial charge is 0.311 e. The molecule has 12 heteroatoms. The minimum atomic E-state index is -4.18. The number of methoxy groups -OCH3 is 1. The van der Waals surface area contributed by atoms with E-state index < -0.39 is 33.6 Å². The summed E-state index contributed by atoms with van der Waals surface area (Å²) in [5.74, 6) is -2.21. The van der Waals surface area contributed by atoms with Gasteiger partial charge in [-0.2, -0.15) is 0 Å². The number of pyridine rings is 1. The zero-order valence-corrected chi connectivity index (χ0v) is 26.0. The number of aromatic nitrogens is 4. The number of nitrogens with zero attached hydrogens (tertiary/aromatic N) is 4. The number of rotatable bonds is 7. The van der Waals surface area contributed by atoms with Gasteiger partial charge in [0.05, 0.1) is 24.1 Å². The van der Waals surface area contributed by atoms with Crippen molar-refractivity contribution in [3.05, 3.63) is 90.3 Å². The molecule has 46 heavy (non-hydrogen) atoms. The van der Waals surface area contributed by atoms with Crippen LogP contribution in [0.2, 0.25) is 0 Å². The Morgan fingerprint density at radius 1 is 0.978 bits per heavy atom. The van der Waals surface area contributed by atoms with E-state index in [1.807, 2.05) is 6.92 Å². The van der Waals surface area contributed by atoms with E-state index in [4.69, 9.17) is 4.74 Å². The Hall–Kier alpha value is -4.71. The van der Waals surface area contributed by atoms with E-state index in [1.165, 1.54) is 25.4 Å². The summed E-state index contributed by atoms with van der Waals surface area (Å²) in [6.45, 7) is 1.84. The molecule has 3 heterocycles. The number of hydrogen-bond donors (Lipinski definition) is 1. The Morgan fingerprint density at radius 2 is 1.67 bits per heavy atom. The van der Waals surface area contributed by atoms with Gasteiger partial charge in [-0.25, -0.2) is 36.1 Å². The van der Waals surface area contributed by atoms with E-state index in [0.717, 1.165) is 47.5 Å². The molecule has 2 atom stereocenters. The molecule has 9 nitrogen and oxygen atoms in total. The standard InChI is InChI=1S/C34H31F2N5O4S/c1-19-8-14-24(15-9-19)46(43,44)41-18-26(25-16-23(35)17-37-33(25)41)31-39-30(21-6-4-3-5-7-21)28(36)32(40-31)38-29-22-12-10-20(11-13-22)27(29)34(42)45-2/h3-9,14-18,20,22,27,29H,10-13H2,1-2H3,(H,38,39,40). The topological polar surface area (TPSA) is 116 Å². The third-order valence-electron chi connectivity index (χ3n) is 9.29. The zero-order chi connectivity index (χ0) is 32.2. The maximum atomic E-state index is 16.4. The van der Waals surface area contributed by atoms with Gasteiger partial charge in [0.25, 0.3) is 10.0 Å². The minimum absolute atomic E-state index is 0.0150. The number of ether oxygens (including phenoxy) is 1. The number of benzene rings is 2. The molecule has 3 aliphatic carbocycles. The first-order valence-electron chi connectivity index (χ1n) is 15.1. The lowest BCUT2D eigenvalue weighted by Crippen LogP contribution is -2.52. The molecule has 236 valence electrons. The van der Waals surface area contributed by atoms with Gasteiger partial charge >= 0.3 is 5.97 Å². The summed E-state index contributed by atoms with van der Waals surface area (Å²) in [5, 5.41) is 3.39. The predicted octanol–water partition coefficient (Wildman–Crippen LogP) is 6.37. The summed E-state index contributed by atoms with van der Waals surface area (Å²) in [5.41, 5.74) is 1.42. The number of carbonyl (C=O) groups is 1. The first kappa shape index (κ1) is 30.0. The SMILES string of the molecule is COC(=O)C1C2CCC(CC2)C1Nc1nc(-c2cn(S(=O)(=O)c3ccc(C)cc3)c3ncc(F)cc23)nc(-c2ccccc2)c1F. The molecule has 3 saturated carbocycles. The van der Waals surface area contributed by atoms with E-state index in [9.17, 15) is 17.6 Å². The monoisotopic (exact) mass is 643 g/mol. The molecule has 8 rings (SSSR count). The first-order valence-corrected chi connectivity index (χ1v) is 16.6. The van der Waals surface area contributed by atoms with Crippen molar-refractivity contribution in [2.24, 2.45) is 17.8 Å². The van der Waals surface area contributed by atoms with Crippen LogP contribution in [0.25, 0.3) is 33.7 Å². The van der Waals surface area contributed by atoms with Crippen LogP contribution >= 0.6 is 0 Å². The maximum absolute atomic E-state index is 16.4. The van der Waals surface area contributed by atoms with Gasteiger partial charge in [0, 0.05) is 28.8 Å². The van der Waals surface area contributed by atoms with Crippen LogP contribution in [0.4, 0.5) is 14.6 Å². The normalized spacial score (nSPS) is 21.0. The van der Waals surface area contributed by atoms with Crippen LogP contribution in [-0.4, -0.2) is 46.5 Å². The van der Waals surface area contributed by atoms with Gasteiger partial charge in [0.1, 0.15) is 11.5 Å². The Bertz CT molecular complexity index is 2060.